The second-order valence-corrected chi connectivity index (χ2v) is 6.29. The molecule has 0 radical (unpaired) electrons. The first-order valence-corrected chi connectivity index (χ1v) is 9.18. The van der Waals surface area contributed by atoms with Gasteiger partial charge in [-0.2, -0.15) is 0 Å². The molecule has 2 rings (SSSR count). The summed E-state index contributed by atoms with van der Waals surface area (Å²) in [4.78, 5) is 28.4. The molecule has 1 heterocycles. The van der Waals surface area contributed by atoms with Crippen LogP contribution >= 0.6 is 12.2 Å². The predicted molar refractivity (Wildman–Crippen MR) is 113 cm³/mol. The van der Waals surface area contributed by atoms with E-state index in [0.29, 0.717) is 18.2 Å². The SMILES string of the molecule is CCCCn1c(N)c(N(CC)C(=S)Nc2ccc(OC)cc2)c(=O)[nH]c1=O. The second-order valence-electron chi connectivity index (χ2n) is 5.90. The number of benzene rings is 1. The molecule has 9 heteroatoms. The van der Waals surface area contributed by atoms with Gasteiger partial charge in [0.2, 0.25) is 0 Å². The molecule has 0 saturated carbocycles. The number of unbranched alkanes of at least 4 members (excludes halogenated alkanes) is 1. The Labute approximate surface area is 163 Å². The third-order valence-electron chi connectivity index (χ3n) is 4.12. The van der Waals surface area contributed by atoms with Crippen LogP contribution in [0.4, 0.5) is 17.2 Å². The number of H-pyrrole nitrogens is 1. The van der Waals surface area contributed by atoms with Gasteiger partial charge in [-0.1, -0.05) is 13.3 Å². The summed E-state index contributed by atoms with van der Waals surface area (Å²) in [7, 11) is 1.59. The van der Waals surface area contributed by atoms with Gasteiger partial charge in [-0.3, -0.25) is 14.3 Å². The number of thiocarbonyl (C=S) groups is 1. The summed E-state index contributed by atoms with van der Waals surface area (Å²) in [6, 6.07) is 7.23. The molecule has 2 aromatic rings. The summed E-state index contributed by atoms with van der Waals surface area (Å²) in [6.45, 7) is 4.70. The molecule has 0 unspecified atom stereocenters. The van der Waals surface area contributed by atoms with Crippen molar-refractivity contribution in [2.45, 2.75) is 33.2 Å². The van der Waals surface area contributed by atoms with Crippen molar-refractivity contribution in [3.8, 4) is 5.75 Å². The highest BCUT2D eigenvalue weighted by atomic mass is 32.1. The maximum atomic E-state index is 12.4. The highest BCUT2D eigenvalue weighted by Crippen LogP contribution is 2.20. The normalized spacial score (nSPS) is 10.5. The zero-order valence-electron chi connectivity index (χ0n) is 15.7. The van der Waals surface area contributed by atoms with Crippen molar-refractivity contribution in [2.75, 3.05) is 29.6 Å². The van der Waals surface area contributed by atoms with Crippen molar-refractivity contribution < 1.29 is 4.74 Å². The lowest BCUT2D eigenvalue weighted by Gasteiger charge is -2.26. The molecule has 0 aliphatic carbocycles. The van der Waals surface area contributed by atoms with Crippen LogP contribution in [0.2, 0.25) is 0 Å². The molecule has 8 nitrogen and oxygen atoms in total. The number of nitrogens with two attached hydrogens (primary N) is 1. The fourth-order valence-electron chi connectivity index (χ4n) is 2.65. The number of hydrogen-bond donors (Lipinski definition) is 3. The van der Waals surface area contributed by atoms with Crippen LogP contribution in [0.3, 0.4) is 0 Å². The molecule has 1 aromatic carbocycles. The van der Waals surface area contributed by atoms with Crippen molar-refractivity contribution in [3.63, 3.8) is 0 Å². The molecule has 146 valence electrons. The van der Waals surface area contributed by atoms with Gasteiger partial charge in [0.25, 0.3) is 5.56 Å². The number of ether oxygens (including phenoxy) is 1. The minimum absolute atomic E-state index is 0.109. The zero-order chi connectivity index (χ0) is 20.0. The number of nitrogens with zero attached hydrogens (tertiary/aromatic N) is 2. The first kappa shape index (κ1) is 20.5. The van der Waals surface area contributed by atoms with Crippen molar-refractivity contribution >= 4 is 34.5 Å². The summed E-state index contributed by atoms with van der Waals surface area (Å²) in [5, 5.41) is 3.39. The molecule has 0 aliphatic heterocycles. The van der Waals surface area contributed by atoms with Crippen LogP contribution in [0.1, 0.15) is 26.7 Å². The maximum Gasteiger partial charge on any atom is 0.330 e. The van der Waals surface area contributed by atoms with E-state index >= 15 is 0 Å². The number of methoxy groups -OCH3 is 1. The van der Waals surface area contributed by atoms with E-state index in [1.54, 1.807) is 24.1 Å². The highest BCUT2D eigenvalue weighted by molar-refractivity contribution is 7.80. The predicted octanol–water partition coefficient (Wildman–Crippen LogP) is 2.15. The second kappa shape index (κ2) is 9.22. The summed E-state index contributed by atoms with van der Waals surface area (Å²) in [5.41, 5.74) is 6.00. The van der Waals surface area contributed by atoms with Gasteiger partial charge in [0, 0.05) is 18.8 Å². The number of rotatable bonds is 7. The fourth-order valence-corrected chi connectivity index (χ4v) is 2.98. The largest absolute Gasteiger partial charge is 0.497 e. The number of nitrogens with one attached hydrogen (secondary N) is 2. The fraction of sp³-hybridized carbons (Fsp3) is 0.389. The van der Waals surface area contributed by atoms with Gasteiger partial charge in [0.05, 0.1) is 7.11 Å². The molecular formula is C18H25N5O3S. The molecule has 27 heavy (non-hydrogen) atoms. The lowest BCUT2D eigenvalue weighted by Crippen LogP contribution is -2.42. The lowest BCUT2D eigenvalue weighted by atomic mass is 10.3. The highest BCUT2D eigenvalue weighted by Gasteiger charge is 2.20. The molecule has 0 atom stereocenters. The summed E-state index contributed by atoms with van der Waals surface area (Å²) < 4.78 is 6.51. The van der Waals surface area contributed by atoms with Crippen LogP contribution < -0.4 is 31.9 Å². The van der Waals surface area contributed by atoms with Crippen molar-refractivity contribution in [2.24, 2.45) is 0 Å². The Kier molecular flexibility index (Phi) is 7.00. The third-order valence-corrected chi connectivity index (χ3v) is 4.44. The van der Waals surface area contributed by atoms with Crippen molar-refractivity contribution in [3.05, 3.63) is 45.1 Å². The maximum absolute atomic E-state index is 12.4. The van der Waals surface area contributed by atoms with E-state index in [4.69, 9.17) is 22.7 Å². The number of hydrogen-bond acceptors (Lipinski definition) is 5. The molecule has 0 spiro atoms. The third kappa shape index (κ3) is 4.68. The first-order valence-electron chi connectivity index (χ1n) is 8.78. The summed E-state index contributed by atoms with van der Waals surface area (Å²) >= 11 is 5.47. The molecule has 1 aromatic heterocycles. The first-order chi connectivity index (χ1) is 12.9. The quantitative estimate of drug-likeness (QED) is 0.621. The smallest absolute Gasteiger partial charge is 0.330 e. The molecular weight excluding hydrogens is 366 g/mol. The van der Waals surface area contributed by atoms with Gasteiger partial charge < -0.3 is 20.7 Å². The van der Waals surface area contributed by atoms with E-state index < -0.39 is 11.2 Å². The van der Waals surface area contributed by atoms with E-state index in [9.17, 15) is 9.59 Å². The molecule has 0 saturated heterocycles. The molecule has 0 bridgehead atoms. The van der Waals surface area contributed by atoms with E-state index in [2.05, 4.69) is 10.3 Å². The minimum Gasteiger partial charge on any atom is -0.497 e. The Balaban J connectivity index is 2.36. The van der Waals surface area contributed by atoms with Crippen LogP contribution in [0.15, 0.2) is 33.9 Å². The van der Waals surface area contributed by atoms with E-state index in [-0.39, 0.29) is 11.5 Å². The van der Waals surface area contributed by atoms with E-state index in [0.717, 1.165) is 24.3 Å². The van der Waals surface area contributed by atoms with Crippen LogP contribution in [0.25, 0.3) is 0 Å². The van der Waals surface area contributed by atoms with Gasteiger partial charge in [0.15, 0.2) is 10.8 Å². The number of anilines is 3. The number of nitrogen functional groups attached to an aromatic ring is 1. The zero-order valence-corrected chi connectivity index (χ0v) is 16.6. The van der Waals surface area contributed by atoms with Crippen molar-refractivity contribution in [1.29, 1.82) is 0 Å². The topological polar surface area (TPSA) is 105 Å². The monoisotopic (exact) mass is 391 g/mol. The van der Waals surface area contributed by atoms with Gasteiger partial charge in [-0.05, 0) is 49.8 Å². The van der Waals surface area contributed by atoms with Crippen LogP contribution in [0, 0.1) is 0 Å². The average molecular weight is 391 g/mol. The van der Waals surface area contributed by atoms with Crippen LogP contribution in [-0.2, 0) is 6.54 Å². The molecule has 0 fully saturated rings. The Hall–Kier alpha value is -2.81. The Morgan fingerprint density at radius 3 is 2.52 bits per heavy atom. The lowest BCUT2D eigenvalue weighted by molar-refractivity contribution is 0.415. The number of aromatic amines is 1. The summed E-state index contributed by atoms with van der Waals surface area (Å²) in [6.07, 6.45) is 1.67. The Bertz CT molecular complexity index is 905. The van der Waals surface area contributed by atoms with Crippen LogP contribution in [-0.4, -0.2) is 28.3 Å². The summed E-state index contributed by atoms with van der Waals surface area (Å²) in [5.74, 6) is 0.834. The van der Waals surface area contributed by atoms with E-state index in [1.165, 1.54) is 4.57 Å². The van der Waals surface area contributed by atoms with Gasteiger partial charge >= 0.3 is 5.69 Å². The van der Waals surface area contributed by atoms with Gasteiger partial charge in [0.1, 0.15) is 11.6 Å². The number of aromatic nitrogens is 2. The Morgan fingerprint density at radius 2 is 1.96 bits per heavy atom. The molecule has 0 amide bonds. The van der Waals surface area contributed by atoms with E-state index in [1.807, 2.05) is 26.0 Å². The standard InChI is InChI=1S/C18H25N5O3S/c1-4-6-11-23-15(19)14(16(24)21-17(23)25)22(5-2)18(27)20-12-7-9-13(26-3)10-8-12/h7-10H,4-6,11,19H2,1-3H3,(H,20,27)(H,21,24,25). The van der Waals surface area contributed by atoms with Crippen LogP contribution in [0.5, 0.6) is 5.75 Å². The van der Waals surface area contributed by atoms with Gasteiger partial charge in [-0.15, -0.1) is 0 Å². The molecule has 0 aliphatic rings. The Morgan fingerprint density at radius 1 is 1.30 bits per heavy atom. The molecule has 4 N–H and O–H groups in total. The van der Waals surface area contributed by atoms with Crippen molar-refractivity contribution in [1.82, 2.24) is 9.55 Å². The van der Waals surface area contributed by atoms with Gasteiger partial charge in [-0.25, -0.2) is 4.79 Å². The average Bonchev–Trinajstić information content (AvgIpc) is 2.65. The minimum atomic E-state index is -0.564.